The summed E-state index contributed by atoms with van der Waals surface area (Å²) in [5.74, 6) is 0.450. The Labute approximate surface area is 65.9 Å². The van der Waals surface area contributed by atoms with Crippen molar-refractivity contribution in [2.75, 3.05) is 7.11 Å². The second-order valence-corrected chi connectivity index (χ2v) is 2.45. The molecule has 1 aliphatic rings. The Balaban J connectivity index is 2.97. The molecule has 0 amide bonds. The van der Waals surface area contributed by atoms with Gasteiger partial charge in [0.05, 0.1) is 7.11 Å². The fourth-order valence-corrected chi connectivity index (χ4v) is 0.965. The van der Waals surface area contributed by atoms with E-state index in [1.165, 1.54) is 6.08 Å². The van der Waals surface area contributed by atoms with E-state index in [9.17, 15) is 4.39 Å². The molecule has 0 saturated carbocycles. The van der Waals surface area contributed by atoms with Crippen molar-refractivity contribution in [3.8, 4) is 0 Å². The third-order valence-electron chi connectivity index (χ3n) is 1.58. The molecule has 1 aliphatic carbocycles. The number of hydrogen-bond acceptors (Lipinski definition) is 1. The zero-order valence-corrected chi connectivity index (χ0v) is 6.73. The van der Waals surface area contributed by atoms with Gasteiger partial charge in [0, 0.05) is 12.5 Å². The molecule has 60 valence electrons. The zero-order chi connectivity index (χ0) is 8.27. The Kier molecular flexibility index (Phi) is 2.47. The van der Waals surface area contributed by atoms with Gasteiger partial charge in [0.15, 0.2) is 0 Å². The normalized spacial score (nSPS) is 17.9. The minimum absolute atomic E-state index is 0.157. The van der Waals surface area contributed by atoms with Crippen LogP contribution in [0.15, 0.2) is 35.4 Å². The minimum Gasteiger partial charge on any atom is -0.496 e. The summed E-state index contributed by atoms with van der Waals surface area (Å²) in [6.45, 7) is 1.89. The Bertz CT molecular complexity index is 236. The first-order valence-corrected chi connectivity index (χ1v) is 3.51. The number of allylic oxidation sites excluding steroid dienone is 5. The molecule has 0 radical (unpaired) electrons. The van der Waals surface area contributed by atoms with Crippen LogP contribution in [-0.4, -0.2) is 7.11 Å². The van der Waals surface area contributed by atoms with Crippen molar-refractivity contribution in [2.45, 2.75) is 13.3 Å². The highest BCUT2D eigenvalue weighted by Crippen LogP contribution is 2.18. The van der Waals surface area contributed by atoms with Crippen LogP contribution in [0, 0.1) is 0 Å². The molecule has 1 rings (SSSR count). The molecule has 1 nitrogen and oxygen atoms in total. The van der Waals surface area contributed by atoms with Gasteiger partial charge in [-0.25, -0.2) is 4.39 Å². The lowest BCUT2D eigenvalue weighted by Crippen LogP contribution is -1.85. The molecule has 0 spiro atoms. The molecule has 0 aliphatic heterocycles. The molecular weight excluding hydrogens is 143 g/mol. The third kappa shape index (κ3) is 1.93. The molecule has 11 heavy (non-hydrogen) atoms. The SMILES string of the molecule is COC1=C(C)C=CCC(F)=C1. The Hall–Kier alpha value is -1.05. The van der Waals surface area contributed by atoms with Crippen LogP contribution < -0.4 is 0 Å². The molecule has 0 aromatic rings. The third-order valence-corrected chi connectivity index (χ3v) is 1.58. The fraction of sp³-hybridized carbons (Fsp3) is 0.333. The quantitative estimate of drug-likeness (QED) is 0.564. The monoisotopic (exact) mass is 154 g/mol. The lowest BCUT2D eigenvalue weighted by Gasteiger charge is -2.01. The van der Waals surface area contributed by atoms with Gasteiger partial charge in [-0.2, -0.15) is 0 Å². The van der Waals surface area contributed by atoms with Gasteiger partial charge in [-0.1, -0.05) is 12.2 Å². The molecule has 0 N–H and O–H groups in total. The first-order chi connectivity index (χ1) is 5.24. The first kappa shape index (κ1) is 8.05. The average molecular weight is 154 g/mol. The van der Waals surface area contributed by atoms with E-state index in [0.29, 0.717) is 12.2 Å². The van der Waals surface area contributed by atoms with Gasteiger partial charge in [0.2, 0.25) is 0 Å². The van der Waals surface area contributed by atoms with Gasteiger partial charge in [-0.15, -0.1) is 0 Å². The summed E-state index contributed by atoms with van der Waals surface area (Å²) in [5.41, 5.74) is 0.958. The van der Waals surface area contributed by atoms with E-state index in [-0.39, 0.29) is 5.83 Å². The molecule has 2 heteroatoms. The van der Waals surface area contributed by atoms with Crippen molar-refractivity contribution in [3.05, 3.63) is 35.4 Å². The van der Waals surface area contributed by atoms with Crippen LogP contribution in [0.1, 0.15) is 13.3 Å². The standard InChI is InChI=1S/C9H11FO/c1-7-4-3-5-8(10)6-9(7)11-2/h3-4,6H,5H2,1-2H3. The second-order valence-electron chi connectivity index (χ2n) is 2.45. The molecular formula is C9H11FO. The maximum atomic E-state index is 12.7. The number of methoxy groups -OCH3 is 1. The van der Waals surface area contributed by atoms with E-state index in [0.717, 1.165) is 5.57 Å². The van der Waals surface area contributed by atoms with Crippen LogP contribution in [0.4, 0.5) is 4.39 Å². The van der Waals surface area contributed by atoms with Gasteiger partial charge in [0.25, 0.3) is 0 Å². The number of hydrogen-bond donors (Lipinski definition) is 0. The molecule has 0 aromatic carbocycles. The van der Waals surface area contributed by atoms with E-state index < -0.39 is 0 Å². The predicted octanol–water partition coefficient (Wildman–Crippen LogP) is 2.72. The van der Waals surface area contributed by atoms with Gasteiger partial charge in [0.1, 0.15) is 11.6 Å². The molecule has 0 unspecified atom stereocenters. The Morgan fingerprint density at radius 2 is 2.27 bits per heavy atom. The topological polar surface area (TPSA) is 9.23 Å². The highest BCUT2D eigenvalue weighted by Gasteiger charge is 2.03. The Morgan fingerprint density at radius 1 is 1.55 bits per heavy atom. The largest absolute Gasteiger partial charge is 0.496 e. The molecule has 0 saturated heterocycles. The minimum atomic E-state index is -0.157. The van der Waals surface area contributed by atoms with Crippen LogP contribution in [0.25, 0.3) is 0 Å². The van der Waals surface area contributed by atoms with Crippen molar-refractivity contribution < 1.29 is 9.13 Å². The summed E-state index contributed by atoms with van der Waals surface area (Å²) >= 11 is 0. The van der Waals surface area contributed by atoms with Crippen LogP contribution in [0.3, 0.4) is 0 Å². The van der Waals surface area contributed by atoms with Crippen molar-refractivity contribution in [1.29, 1.82) is 0 Å². The van der Waals surface area contributed by atoms with Gasteiger partial charge in [-0.3, -0.25) is 0 Å². The molecule has 0 atom stereocenters. The maximum Gasteiger partial charge on any atom is 0.124 e. The summed E-state index contributed by atoms with van der Waals surface area (Å²) in [7, 11) is 1.54. The average Bonchev–Trinajstić information content (AvgIpc) is 2.13. The highest BCUT2D eigenvalue weighted by atomic mass is 19.1. The number of ether oxygens (including phenoxy) is 1. The van der Waals surface area contributed by atoms with Gasteiger partial charge in [-0.05, 0) is 12.5 Å². The molecule has 0 aromatic heterocycles. The van der Waals surface area contributed by atoms with E-state index >= 15 is 0 Å². The van der Waals surface area contributed by atoms with Crippen LogP contribution in [0.5, 0.6) is 0 Å². The Morgan fingerprint density at radius 3 is 2.91 bits per heavy atom. The smallest absolute Gasteiger partial charge is 0.124 e. The van der Waals surface area contributed by atoms with Crippen molar-refractivity contribution in [3.63, 3.8) is 0 Å². The van der Waals surface area contributed by atoms with Crippen LogP contribution in [-0.2, 0) is 4.74 Å². The fourth-order valence-electron chi connectivity index (χ4n) is 0.965. The zero-order valence-electron chi connectivity index (χ0n) is 6.73. The summed E-state index contributed by atoms with van der Waals surface area (Å²) in [4.78, 5) is 0. The number of halogens is 1. The highest BCUT2D eigenvalue weighted by molar-refractivity contribution is 5.32. The molecule has 0 fully saturated rings. The lowest BCUT2D eigenvalue weighted by molar-refractivity contribution is 0.302. The maximum absolute atomic E-state index is 12.7. The summed E-state index contributed by atoms with van der Waals surface area (Å²) in [5, 5.41) is 0. The molecule has 0 heterocycles. The van der Waals surface area contributed by atoms with E-state index in [1.807, 2.05) is 13.0 Å². The van der Waals surface area contributed by atoms with Crippen LogP contribution in [0.2, 0.25) is 0 Å². The van der Waals surface area contributed by atoms with Crippen molar-refractivity contribution in [2.24, 2.45) is 0 Å². The van der Waals surface area contributed by atoms with E-state index in [2.05, 4.69) is 0 Å². The predicted molar refractivity (Wildman–Crippen MR) is 42.7 cm³/mol. The first-order valence-electron chi connectivity index (χ1n) is 3.51. The summed E-state index contributed by atoms with van der Waals surface area (Å²) < 4.78 is 17.7. The van der Waals surface area contributed by atoms with E-state index in [1.54, 1.807) is 13.2 Å². The van der Waals surface area contributed by atoms with E-state index in [4.69, 9.17) is 4.74 Å². The van der Waals surface area contributed by atoms with Crippen LogP contribution >= 0.6 is 0 Å². The van der Waals surface area contributed by atoms with Gasteiger partial charge < -0.3 is 4.74 Å². The second kappa shape index (κ2) is 3.37. The van der Waals surface area contributed by atoms with Crippen molar-refractivity contribution in [1.82, 2.24) is 0 Å². The summed E-state index contributed by atoms with van der Waals surface area (Å²) in [6.07, 6.45) is 5.44. The van der Waals surface area contributed by atoms with Gasteiger partial charge >= 0.3 is 0 Å². The van der Waals surface area contributed by atoms with Crippen molar-refractivity contribution >= 4 is 0 Å². The lowest BCUT2D eigenvalue weighted by atomic mass is 10.2. The summed E-state index contributed by atoms with van der Waals surface area (Å²) in [6, 6.07) is 0. The molecule has 0 bridgehead atoms. The number of rotatable bonds is 1.